The van der Waals surface area contributed by atoms with E-state index in [1.54, 1.807) is 0 Å². The van der Waals surface area contributed by atoms with Gasteiger partial charge in [0, 0.05) is 6.54 Å². The monoisotopic (exact) mass is 233 g/mol. The standard InChI is InChI=1S/C12H15N3O2/c1-8-3-10(5-13)4-9(2)12(8)16-6-11-14-7-17-15-11/h3-4,7H,5-6,13H2,1-2H3. The van der Waals surface area contributed by atoms with Gasteiger partial charge in [-0.2, -0.15) is 4.98 Å². The Morgan fingerprint density at radius 1 is 1.29 bits per heavy atom. The number of rotatable bonds is 4. The third-order valence-electron chi connectivity index (χ3n) is 2.51. The number of benzene rings is 1. The summed E-state index contributed by atoms with van der Waals surface area (Å²) in [6, 6.07) is 4.05. The topological polar surface area (TPSA) is 74.2 Å². The first-order chi connectivity index (χ1) is 8.20. The van der Waals surface area contributed by atoms with Gasteiger partial charge < -0.3 is 15.0 Å². The summed E-state index contributed by atoms with van der Waals surface area (Å²) in [7, 11) is 0. The van der Waals surface area contributed by atoms with Crippen molar-refractivity contribution in [2.45, 2.75) is 27.0 Å². The molecule has 0 saturated heterocycles. The third kappa shape index (κ3) is 2.62. The molecule has 0 aliphatic rings. The lowest BCUT2D eigenvalue weighted by molar-refractivity contribution is 0.283. The maximum Gasteiger partial charge on any atom is 0.213 e. The molecule has 90 valence electrons. The van der Waals surface area contributed by atoms with Crippen LogP contribution in [0.1, 0.15) is 22.5 Å². The second-order valence-electron chi connectivity index (χ2n) is 3.90. The molecule has 5 nitrogen and oxygen atoms in total. The summed E-state index contributed by atoms with van der Waals surface area (Å²) in [5.41, 5.74) is 8.85. The van der Waals surface area contributed by atoms with Crippen molar-refractivity contribution in [2.24, 2.45) is 5.73 Å². The van der Waals surface area contributed by atoms with Gasteiger partial charge in [-0.3, -0.25) is 0 Å². The number of nitrogens with zero attached hydrogens (tertiary/aromatic N) is 2. The summed E-state index contributed by atoms with van der Waals surface area (Å²) in [6.45, 7) is 4.84. The molecule has 0 amide bonds. The molecule has 0 atom stereocenters. The molecule has 0 radical (unpaired) electrons. The van der Waals surface area contributed by atoms with E-state index < -0.39 is 0 Å². The lowest BCUT2D eigenvalue weighted by Gasteiger charge is -2.12. The van der Waals surface area contributed by atoms with Crippen molar-refractivity contribution in [3.05, 3.63) is 41.0 Å². The number of hydrogen-bond donors (Lipinski definition) is 1. The maximum atomic E-state index is 5.69. The van der Waals surface area contributed by atoms with Gasteiger partial charge in [-0.25, -0.2) is 0 Å². The van der Waals surface area contributed by atoms with Crippen LogP contribution in [0.15, 0.2) is 23.0 Å². The zero-order chi connectivity index (χ0) is 12.3. The van der Waals surface area contributed by atoms with E-state index in [1.165, 1.54) is 6.39 Å². The molecule has 0 spiro atoms. The maximum absolute atomic E-state index is 5.69. The highest BCUT2D eigenvalue weighted by Gasteiger charge is 2.07. The molecule has 1 aromatic heterocycles. The second-order valence-corrected chi connectivity index (χ2v) is 3.90. The molecular weight excluding hydrogens is 218 g/mol. The van der Waals surface area contributed by atoms with E-state index in [-0.39, 0.29) is 0 Å². The Balaban J connectivity index is 2.15. The smallest absolute Gasteiger partial charge is 0.213 e. The van der Waals surface area contributed by atoms with E-state index in [0.717, 1.165) is 22.4 Å². The van der Waals surface area contributed by atoms with Crippen molar-refractivity contribution in [1.82, 2.24) is 10.1 Å². The fraction of sp³-hybridized carbons (Fsp3) is 0.333. The van der Waals surface area contributed by atoms with Crippen LogP contribution in [0, 0.1) is 13.8 Å². The first-order valence-corrected chi connectivity index (χ1v) is 5.39. The minimum Gasteiger partial charge on any atom is -0.485 e. The molecule has 2 aromatic rings. The number of hydrogen-bond acceptors (Lipinski definition) is 5. The molecule has 1 heterocycles. The molecule has 0 unspecified atom stereocenters. The molecule has 0 aliphatic carbocycles. The minimum atomic E-state index is 0.306. The van der Waals surface area contributed by atoms with E-state index in [9.17, 15) is 0 Å². The zero-order valence-corrected chi connectivity index (χ0v) is 9.93. The van der Waals surface area contributed by atoms with Crippen LogP contribution in [0.2, 0.25) is 0 Å². The van der Waals surface area contributed by atoms with E-state index in [0.29, 0.717) is 19.0 Å². The second kappa shape index (κ2) is 4.97. The minimum absolute atomic E-state index is 0.306. The fourth-order valence-corrected chi connectivity index (χ4v) is 1.78. The predicted octanol–water partition coefficient (Wildman–Crippen LogP) is 1.72. The average molecular weight is 233 g/mol. The SMILES string of the molecule is Cc1cc(CN)cc(C)c1OCc1ncon1. The van der Waals surface area contributed by atoms with E-state index >= 15 is 0 Å². The highest BCUT2D eigenvalue weighted by Crippen LogP contribution is 2.25. The van der Waals surface area contributed by atoms with Crippen LogP contribution in [0.25, 0.3) is 0 Å². The van der Waals surface area contributed by atoms with Gasteiger partial charge in [0.2, 0.25) is 12.2 Å². The molecule has 2 N–H and O–H groups in total. The fourth-order valence-electron chi connectivity index (χ4n) is 1.78. The van der Waals surface area contributed by atoms with Gasteiger partial charge >= 0.3 is 0 Å². The Kier molecular flexibility index (Phi) is 3.39. The van der Waals surface area contributed by atoms with E-state index in [2.05, 4.69) is 14.7 Å². The van der Waals surface area contributed by atoms with Crippen LogP contribution in [-0.2, 0) is 13.2 Å². The van der Waals surface area contributed by atoms with Gasteiger partial charge in [-0.1, -0.05) is 17.3 Å². The number of ether oxygens (including phenoxy) is 1. The van der Waals surface area contributed by atoms with Crippen molar-refractivity contribution in [1.29, 1.82) is 0 Å². The Morgan fingerprint density at radius 3 is 2.53 bits per heavy atom. The zero-order valence-electron chi connectivity index (χ0n) is 9.93. The molecule has 0 aliphatic heterocycles. The predicted molar refractivity (Wildman–Crippen MR) is 62.4 cm³/mol. The van der Waals surface area contributed by atoms with Gasteiger partial charge in [0.15, 0.2) is 6.61 Å². The number of nitrogens with two attached hydrogens (primary N) is 1. The van der Waals surface area contributed by atoms with Crippen LogP contribution in [0.5, 0.6) is 5.75 Å². The normalized spacial score (nSPS) is 10.5. The van der Waals surface area contributed by atoms with Crippen molar-refractivity contribution < 1.29 is 9.26 Å². The molecule has 2 rings (SSSR count). The molecule has 1 aromatic carbocycles. The lowest BCUT2D eigenvalue weighted by Crippen LogP contribution is -2.03. The molecule has 0 bridgehead atoms. The van der Waals surface area contributed by atoms with Gasteiger partial charge in [0.1, 0.15) is 5.75 Å². The number of aryl methyl sites for hydroxylation is 2. The van der Waals surface area contributed by atoms with Crippen LogP contribution < -0.4 is 10.5 Å². The van der Waals surface area contributed by atoms with Crippen molar-refractivity contribution in [2.75, 3.05) is 0 Å². The summed E-state index contributed by atoms with van der Waals surface area (Å²) >= 11 is 0. The first kappa shape index (κ1) is 11.6. The Labute approximate surface area is 99.6 Å². The first-order valence-electron chi connectivity index (χ1n) is 5.39. The molecule has 0 fully saturated rings. The highest BCUT2D eigenvalue weighted by molar-refractivity contribution is 5.43. The van der Waals surface area contributed by atoms with Crippen molar-refractivity contribution in [3.8, 4) is 5.75 Å². The van der Waals surface area contributed by atoms with Gasteiger partial charge in [-0.15, -0.1) is 0 Å². The third-order valence-corrected chi connectivity index (χ3v) is 2.51. The molecule has 0 saturated carbocycles. The van der Waals surface area contributed by atoms with Crippen molar-refractivity contribution >= 4 is 0 Å². The van der Waals surface area contributed by atoms with Crippen molar-refractivity contribution in [3.63, 3.8) is 0 Å². The largest absolute Gasteiger partial charge is 0.485 e. The van der Waals surface area contributed by atoms with Gasteiger partial charge in [-0.05, 0) is 30.5 Å². The summed E-state index contributed by atoms with van der Waals surface area (Å²) in [6.07, 6.45) is 1.29. The quantitative estimate of drug-likeness (QED) is 0.870. The molecular formula is C12H15N3O2. The van der Waals surface area contributed by atoms with E-state index in [4.69, 9.17) is 10.5 Å². The summed E-state index contributed by atoms with van der Waals surface area (Å²) in [5.74, 6) is 1.39. The highest BCUT2D eigenvalue weighted by atomic mass is 16.5. The number of aromatic nitrogens is 2. The molecule has 5 heteroatoms. The summed E-state index contributed by atoms with van der Waals surface area (Å²) in [5, 5.41) is 3.69. The van der Waals surface area contributed by atoms with Gasteiger partial charge in [0.25, 0.3) is 0 Å². The average Bonchev–Trinajstić information content (AvgIpc) is 2.80. The van der Waals surface area contributed by atoms with Crippen LogP contribution in [-0.4, -0.2) is 10.1 Å². The van der Waals surface area contributed by atoms with Crippen LogP contribution in [0.4, 0.5) is 0 Å². The molecule has 17 heavy (non-hydrogen) atoms. The van der Waals surface area contributed by atoms with Crippen LogP contribution in [0.3, 0.4) is 0 Å². The van der Waals surface area contributed by atoms with Gasteiger partial charge in [0.05, 0.1) is 0 Å². The lowest BCUT2D eigenvalue weighted by atomic mass is 10.1. The Morgan fingerprint density at radius 2 is 2.00 bits per heavy atom. The van der Waals surface area contributed by atoms with E-state index in [1.807, 2.05) is 26.0 Å². The summed E-state index contributed by atoms with van der Waals surface area (Å²) < 4.78 is 10.3. The Bertz CT molecular complexity index is 471. The summed E-state index contributed by atoms with van der Waals surface area (Å²) in [4.78, 5) is 3.90. The Hall–Kier alpha value is -1.88. The van der Waals surface area contributed by atoms with Crippen LogP contribution >= 0.6 is 0 Å².